The van der Waals surface area contributed by atoms with Crippen LogP contribution < -0.4 is 20.1 Å². The van der Waals surface area contributed by atoms with E-state index in [-0.39, 0.29) is 30.8 Å². The number of carbonyl (C=O) groups excluding carboxylic acids is 4. The average molecular weight is 754 g/mol. The number of hydrogen-bond donors (Lipinski definition) is 3. The summed E-state index contributed by atoms with van der Waals surface area (Å²) in [5.74, 6) is -3.44. The molecule has 2 aliphatic heterocycles. The first-order valence-electron chi connectivity index (χ1n) is 17.5. The van der Waals surface area contributed by atoms with Gasteiger partial charge in [-0.3, -0.25) is 23.9 Å². The summed E-state index contributed by atoms with van der Waals surface area (Å²) in [7, 11) is -3.91. The van der Waals surface area contributed by atoms with E-state index in [0.29, 0.717) is 53.9 Å². The van der Waals surface area contributed by atoms with E-state index in [1.807, 2.05) is 12.2 Å². The minimum absolute atomic E-state index is 0.00725. The zero-order chi connectivity index (χ0) is 36.8. The van der Waals surface area contributed by atoms with Gasteiger partial charge in [-0.1, -0.05) is 31.1 Å². The van der Waals surface area contributed by atoms with Crippen LogP contribution >= 0.6 is 11.3 Å². The Hall–Kier alpha value is -4.51. The smallest absolute Gasteiger partial charge is 0.263 e. The summed E-state index contributed by atoms with van der Waals surface area (Å²) in [5.41, 5.74) is 1.28. The fourth-order valence-corrected chi connectivity index (χ4v) is 9.05. The standard InChI is InChI=1S/C35H40FN7O7S2/c1-19-29(51-18-37-19)31(45)39-26-11-7-5-3-4-6-9-21-16-35(21,34(47)42-52(48,49)23-13-14-23)41-30(44)27-15-22(17-43(27)33(26)46)50-32-20(2)38-25-12-8-10-24(36)28(25)40-32/h6,8-10,12,18,21-23,26-27H,3-5,7,11,13-17H2,1-2H3,(H,39,45)(H,41,44)(H,42,47)/b9-6-/t21?,22-,26+,27+,35-/m1/s1. The first-order valence-corrected chi connectivity index (χ1v) is 19.9. The Morgan fingerprint density at radius 3 is 2.65 bits per heavy atom. The van der Waals surface area contributed by atoms with Crippen molar-refractivity contribution in [3.63, 3.8) is 0 Å². The largest absolute Gasteiger partial charge is 0.471 e. The predicted octanol–water partition coefficient (Wildman–Crippen LogP) is 2.99. The summed E-state index contributed by atoms with van der Waals surface area (Å²) < 4.78 is 48.7. The summed E-state index contributed by atoms with van der Waals surface area (Å²) in [6.07, 6.45) is 7.19. The van der Waals surface area contributed by atoms with Gasteiger partial charge < -0.3 is 20.3 Å². The van der Waals surface area contributed by atoms with Crippen molar-refractivity contribution in [3.8, 4) is 5.88 Å². The highest BCUT2D eigenvalue weighted by Gasteiger charge is 2.62. The lowest BCUT2D eigenvalue weighted by atomic mass is 10.0. The number of halogens is 1. The van der Waals surface area contributed by atoms with Crippen molar-refractivity contribution in [1.29, 1.82) is 0 Å². The highest BCUT2D eigenvalue weighted by molar-refractivity contribution is 7.91. The Labute approximate surface area is 304 Å². The summed E-state index contributed by atoms with van der Waals surface area (Å²) >= 11 is 1.16. The van der Waals surface area contributed by atoms with Crippen LogP contribution in [0.5, 0.6) is 5.88 Å². The van der Waals surface area contributed by atoms with E-state index < -0.39 is 74.4 Å². The second kappa shape index (κ2) is 14.1. The Morgan fingerprint density at radius 2 is 1.90 bits per heavy atom. The number of ether oxygens (including phenoxy) is 1. The van der Waals surface area contributed by atoms with Gasteiger partial charge in [0.05, 0.1) is 28.5 Å². The number of nitrogens with one attached hydrogen (secondary N) is 3. The average Bonchev–Trinajstić information content (AvgIpc) is 3.99. The van der Waals surface area contributed by atoms with Crippen molar-refractivity contribution in [2.75, 3.05) is 6.54 Å². The van der Waals surface area contributed by atoms with Gasteiger partial charge in [-0.25, -0.2) is 27.8 Å². The first-order chi connectivity index (χ1) is 24.9. The molecule has 4 aliphatic rings. The van der Waals surface area contributed by atoms with Gasteiger partial charge in [0.15, 0.2) is 5.82 Å². The molecule has 5 atom stereocenters. The minimum atomic E-state index is -3.91. The van der Waals surface area contributed by atoms with Crippen LogP contribution in [0.2, 0.25) is 0 Å². The van der Waals surface area contributed by atoms with E-state index in [2.05, 4.69) is 30.3 Å². The molecule has 17 heteroatoms. The first kappa shape index (κ1) is 35.9. The van der Waals surface area contributed by atoms with E-state index in [4.69, 9.17) is 4.74 Å². The summed E-state index contributed by atoms with van der Waals surface area (Å²) in [6.45, 7) is 3.28. The molecule has 0 bridgehead atoms. The maximum Gasteiger partial charge on any atom is 0.263 e. The van der Waals surface area contributed by atoms with Crippen LogP contribution in [0.4, 0.5) is 4.39 Å². The quantitative estimate of drug-likeness (QED) is 0.303. The third kappa shape index (κ3) is 7.24. The van der Waals surface area contributed by atoms with Crippen molar-refractivity contribution in [2.45, 2.75) is 101 Å². The van der Waals surface area contributed by atoms with Crippen LogP contribution in [0.15, 0.2) is 35.9 Å². The molecule has 0 radical (unpaired) electrons. The summed E-state index contributed by atoms with van der Waals surface area (Å²) in [6, 6.07) is 2.26. The number of para-hydroxylation sites is 1. The van der Waals surface area contributed by atoms with Crippen LogP contribution in [-0.2, 0) is 24.4 Å². The molecule has 4 heterocycles. The van der Waals surface area contributed by atoms with Gasteiger partial charge in [0.25, 0.3) is 11.8 Å². The molecule has 2 saturated carbocycles. The molecule has 3 aromatic rings. The molecular formula is C35H40FN7O7S2. The number of rotatable bonds is 7. The number of aryl methyl sites for hydroxylation is 2. The lowest BCUT2D eigenvalue weighted by Crippen LogP contribution is -2.58. The molecule has 1 saturated heterocycles. The summed E-state index contributed by atoms with van der Waals surface area (Å²) in [5, 5.41) is 5.07. The van der Waals surface area contributed by atoms with E-state index in [1.165, 1.54) is 17.0 Å². The molecule has 3 fully saturated rings. The maximum atomic E-state index is 14.7. The number of allylic oxidation sites excluding steroid dienone is 1. The molecule has 3 N–H and O–H groups in total. The highest BCUT2D eigenvalue weighted by Crippen LogP contribution is 2.46. The molecule has 7 rings (SSSR count). The molecule has 1 aromatic carbocycles. The van der Waals surface area contributed by atoms with Crippen LogP contribution in [0, 0.1) is 25.6 Å². The fourth-order valence-electron chi connectivity index (χ4n) is 6.98. The topological polar surface area (TPSA) is 190 Å². The van der Waals surface area contributed by atoms with Gasteiger partial charge >= 0.3 is 0 Å². The molecule has 4 amide bonds. The number of nitrogens with zero attached hydrogens (tertiary/aromatic N) is 4. The minimum Gasteiger partial charge on any atom is -0.471 e. The van der Waals surface area contributed by atoms with Gasteiger partial charge in [0.1, 0.15) is 39.8 Å². The SMILES string of the molecule is Cc1nc2cccc(F)c2nc1O[C@@H]1C[C@H]2C(=O)N[C@]3(C(=O)NS(=O)(=O)C4CC4)CC3/C=C\CCCCC[C@H](NC(=O)c3scnc3C)C(=O)N2C1. The van der Waals surface area contributed by atoms with Crippen molar-refractivity contribution in [2.24, 2.45) is 5.92 Å². The molecular weight excluding hydrogens is 714 g/mol. The third-order valence-electron chi connectivity index (χ3n) is 10.2. The number of sulfonamides is 1. The molecule has 2 aromatic heterocycles. The predicted molar refractivity (Wildman–Crippen MR) is 188 cm³/mol. The molecule has 276 valence electrons. The molecule has 52 heavy (non-hydrogen) atoms. The van der Waals surface area contributed by atoms with Gasteiger partial charge in [0.2, 0.25) is 27.7 Å². The van der Waals surface area contributed by atoms with Crippen LogP contribution in [0.25, 0.3) is 11.0 Å². The molecule has 1 unspecified atom stereocenters. The van der Waals surface area contributed by atoms with Crippen LogP contribution in [0.3, 0.4) is 0 Å². The second-order valence-electron chi connectivity index (χ2n) is 14.0. The second-order valence-corrected chi connectivity index (χ2v) is 16.8. The lowest BCUT2D eigenvalue weighted by molar-refractivity contribution is -0.141. The monoisotopic (exact) mass is 753 g/mol. The zero-order valence-electron chi connectivity index (χ0n) is 28.8. The van der Waals surface area contributed by atoms with E-state index in [0.717, 1.165) is 24.2 Å². The highest BCUT2D eigenvalue weighted by atomic mass is 32.2. The zero-order valence-corrected chi connectivity index (χ0v) is 30.4. The number of thiazole rings is 1. The third-order valence-corrected chi connectivity index (χ3v) is 12.9. The Morgan fingerprint density at radius 1 is 1.10 bits per heavy atom. The fraction of sp³-hybridized carbons (Fsp3) is 0.514. The van der Waals surface area contributed by atoms with Crippen molar-refractivity contribution < 1.29 is 36.7 Å². The lowest BCUT2D eigenvalue weighted by Gasteiger charge is -2.30. The van der Waals surface area contributed by atoms with Crippen LogP contribution in [-0.4, -0.2) is 87.4 Å². The Kier molecular flexibility index (Phi) is 9.75. The van der Waals surface area contributed by atoms with E-state index in [9.17, 15) is 32.0 Å². The van der Waals surface area contributed by atoms with E-state index in [1.54, 1.807) is 25.4 Å². The molecule has 0 spiro atoms. The number of amides is 4. The number of hydrogen-bond acceptors (Lipinski definition) is 11. The van der Waals surface area contributed by atoms with Crippen LogP contribution in [0.1, 0.15) is 78.8 Å². The van der Waals surface area contributed by atoms with Gasteiger partial charge in [-0.2, -0.15) is 0 Å². The van der Waals surface area contributed by atoms with Crippen molar-refractivity contribution in [1.82, 2.24) is 35.2 Å². The molecule has 14 nitrogen and oxygen atoms in total. The van der Waals surface area contributed by atoms with Gasteiger partial charge in [-0.15, -0.1) is 11.3 Å². The number of benzene rings is 1. The number of carbonyl (C=O) groups is 4. The van der Waals surface area contributed by atoms with Gasteiger partial charge in [-0.05, 0) is 64.5 Å². The van der Waals surface area contributed by atoms with Gasteiger partial charge in [0, 0.05) is 12.3 Å². The maximum absolute atomic E-state index is 14.7. The Bertz CT molecular complexity index is 2070. The number of fused-ring (bicyclic) bond motifs is 3. The normalized spacial score (nSPS) is 27.4. The van der Waals surface area contributed by atoms with E-state index >= 15 is 0 Å². The molecule has 2 aliphatic carbocycles. The Balaban J connectivity index is 1.20. The van der Waals surface area contributed by atoms with Crippen molar-refractivity contribution >= 4 is 56.0 Å². The number of aromatic nitrogens is 3. The van der Waals surface area contributed by atoms with Crippen molar-refractivity contribution in [3.05, 3.63) is 57.9 Å². The summed E-state index contributed by atoms with van der Waals surface area (Å²) in [4.78, 5) is 70.5.